The zero-order chi connectivity index (χ0) is 13.2. The summed E-state index contributed by atoms with van der Waals surface area (Å²) in [6, 6.07) is 0. The third-order valence-corrected chi connectivity index (χ3v) is 4.06. The predicted molar refractivity (Wildman–Crippen MR) is 81.5 cm³/mol. The Kier molecular flexibility index (Phi) is 8.08. The highest BCUT2D eigenvalue weighted by molar-refractivity contribution is 5.25. The van der Waals surface area contributed by atoms with Gasteiger partial charge < -0.3 is 5.73 Å². The second-order valence-electron chi connectivity index (χ2n) is 5.73. The lowest BCUT2D eigenvalue weighted by Gasteiger charge is -2.21. The summed E-state index contributed by atoms with van der Waals surface area (Å²) in [6.07, 6.45) is 18.0. The maximum Gasteiger partial charge on any atom is -0.000839 e. The third kappa shape index (κ3) is 5.86. The summed E-state index contributed by atoms with van der Waals surface area (Å²) >= 11 is 0. The van der Waals surface area contributed by atoms with Gasteiger partial charge >= 0.3 is 0 Å². The number of rotatable bonds is 9. The summed E-state index contributed by atoms with van der Waals surface area (Å²) in [6.45, 7) is 5.32. The molecule has 2 atom stereocenters. The highest BCUT2D eigenvalue weighted by Gasteiger charge is 2.14. The fourth-order valence-electron chi connectivity index (χ4n) is 2.64. The Morgan fingerprint density at radius 1 is 1.06 bits per heavy atom. The summed E-state index contributed by atoms with van der Waals surface area (Å²) in [5.41, 5.74) is 7.31. The molecule has 104 valence electrons. The van der Waals surface area contributed by atoms with Crippen LogP contribution in [0.1, 0.15) is 65.2 Å². The van der Waals surface area contributed by atoms with Gasteiger partial charge in [0.25, 0.3) is 0 Å². The van der Waals surface area contributed by atoms with Gasteiger partial charge in [0.05, 0.1) is 0 Å². The van der Waals surface area contributed by atoms with E-state index in [1.165, 1.54) is 56.9 Å². The van der Waals surface area contributed by atoms with Crippen molar-refractivity contribution in [1.29, 1.82) is 0 Å². The van der Waals surface area contributed by atoms with Crippen LogP contribution in [0, 0.1) is 11.8 Å². The van der Waals surface area contributed by atoms with Crippen LogP contribution in [-0.4, -0.2) is 6.54 Å². The first-order valence-corrected chi connectivity index (χ1v) is 7.87. The van der Waals surface area contributed by atoms with Gasteiger partial charge in [0.15, 0.2) is 0 Å². The van der Waals surface area contributed by atoms with Gasteiger partial charge in [-0.05, 0) is 31.2 Å². The summed E-state index contributed by atoms with van der Waals surface area (Å²) < 4.78 is 0. The van der Waals surface area contributed by atoms with Crippen molar-refractivity contribution in [2.24, 2.45) is 17.6 Å². The van der Waals surface area contributed by atoms with Gasteiger partial charge in [-0.2, -0.15) is 0 Å². The van der Waals surface area contributed by atoms with Crippen molar-refractivity contribution in [3.8, 4) is 0 Å². The molecule has 0 fully saturated rings. The van der Waals surface area contributed by atoms with E-state index in [-0.39, 0.29) is 0 Å². The Morgan fingerprint density at radius 3 is 2.39 bits per heavy atom. The highest BCUT2D eigenvalue weighted by atomic mass is 14.5. The molecule has 0 amide bonds. The molecule has 1 aliphatic rings. The van der Waals surface area contributed by atoms with Crippen molar-refractivity contribution < 1.29 is 0 Å². The molecule has 18 heavy (non-hydrogen) atoms. The molecule has 0 aromatic carbocycles. The van der Waals surface area contributed by atoms with Crippen LogP contribution in [0.5, 0.6) is 0 Å². The van der Waals surface area contributed by atoms with Gasteiger partial charge in [-0.1, -0.05) is 76.2 Å². The van der Waals surface area contributed by atoms with Gasteiger partial charge in [0.2, 0.25) is 0 Å². The minimum atomic E-state index is 0.564. The van der Waals surface area contributed by atoms with Crippen molar-refractivity contribution in [3.63, 3.8) is 0 Å². The summed E-state index contributed by atoms with van der Waals surface area (Å²) in [4.78, 5) is 0. The normalized spacial score (nSPS) is 23.2. The molecule has 0 bridgehead atoms. The maximum atomic E-state index is 5.80. The molecule has 1 nitrogen and oxygen atoms in total. The fourth-order valence-corrected chi connectivity index (χ4v) is 2.64. The molecule has 1 heteroatoms. The van der Waals surface area contributed by atoms with Crippen molar-refractivity contribution in [2.45, 2.75) is 65.2 Å². The zero-order valence-corrected chi connectivity index (χ0v) is 12.3. The quantitative estimate of drug-likeness (QED) is 0.582. The molecule has 0 heterocycles. The van der Waals surface area contributed by atoms with Crippen LogP contribution < -0.4 is 5.73 Å². The number of allylic oxidation sites excluding steroid dienone is 3. The molecule has 0 aromatic heterocycles. The Morgan fingerprint density at radius 2 is 1.72 bits per heavy atom. The largest absolute Gasteiger partial charge is 0.330 e. The monoisotopic (exact) mass is 249 g/mol. The van der Waals surface area contributed by atoms with Gasteiger partial charge in [-0.15, -0.1) is 0 Å². The summed E-state index contributed by atoms with van der Waals surface area (Å²) in [5.74, 6) is 1.18. The van der Waals surface area contributed by atoms with Crippen LogP contribution in [0.15, 0.2) is 23.8 Å². The molecule has 1 unspecified atom stereocenters. The minimum Gasteiger partial charge on any atom is -0.330 e. The molecule has 0 aromatic rings. The lowest BCUT2D eigenvalue weighted by Crippen LogP contribution is -2.20. The van der Waals surface area contributed by atoms with Crippen molar-refractivity contribution in [2.75, 3.05) is 6.54 Å². The van der Waals surface area contributed by atoms with Gasteiger partial charge in [0.1, 0.15) is 0 Å². The van der Waals surface area contributed by atoms with E-state index in [0.717, 1.165) is 6.54 Å². The van der Waals surface area contributed by atoms with Gasteiger partial charge in [-0.3, -0.25) is 0 Å². The van der Waals surface area contributed by atoms with E-state index in [0.29, 0.717) is 11.8 Å². The van der Waals surface area contributed by atoms with Crippen LogP contribution in [0.3, 0.4) is 0 Å². The molecule has 0 saturated heterocycles. The van der Waals surface area contributed by atoms with E-state index < -0.39 is 0 Å². The van der Waals surface area contributed by atoms with Gasteiger partial charge in [-0.25, -0.2) is 0 Å². The Bertz CT molecular complexity index is 265. The van der Waals surface area contributed by atoms with E-state index in [2.05, 4.69) is 32.1 Å². The SMILES string of the molecule is CCCCCCCCCC1=C[C@@H](CN)C(C)C=C1. The third-order valence-electron chi connectivity index (χ3n) is 4.06. The second-order valence-corrected chi connectivity index (χ2v) is 5.73. The van der Waals surface area contributed by atoms with E-state index in [9.17, 15) is 0 Å². The number of unbranched alkanes of at least 4 members (excludes halogenated alkanes) is 6. The van der Waals surface area contributed by atoms with Crippen LogP contribution in [0.2, 0.25) is 0 Å². The first-order chi connectivity index (χ1) is 8.77. The summed E-state index contributed by atoms with van der Waals surface area (Å²) in [5, 5.41) is 0. The van der Waals surface area contributed by atoms with Crippen LogP contribution in [0.25, 0.3) is 0 Å². The molecule has 0 spiro atoms. The molecule has 2 N–H and O–H groups in total. The number of nitrogens with two attached hydrogens (primary N) is 1. The average Bonchev–Trinajstić information content (AvgIpc) is 2.39. The second kappa shape index (κ2) is 9.38. The Balaban J connectivity index is 2.10. The smallest absolute Gasteiger partial charge is 0.000839 e. The van der Waals surface area contributed by atoms with Gasteiger partial charge in [0, 0.05) is 0 Å². The molecule has 0 aliphatic heterocycles. The van der Waals surface area contributed by atoms with Crippen molar-refractivity contribution >= 4 is 0 Å². The first kappa shape index (κ1) is 15.5. The fraction of sp³-hybridized carbons (Fsp3) is 0.765. The molecule has 1 rings (SSSR count). The van der Waals surface area contributed by atoms with E-state index in [1.807, 2.05) is 0 Å². The molecule has 0 saturated carbocycles. The first-order valence-electron chi connectivity index (χ1n) is 7.87. The number of hydrogen-bond acceptors (Lipinski definition) is 1. The Labute approximate surface area is 114 Å². The maximum absolute atomic E-state index is 5.80. The zero-order valence-electron chi connectivity index (χ0n) is 12.3. The number of hydrogen-bond donors (Lipinski definition) is 1. The molecular weight excluding hydrogens is 218 g/mol. The lowest BCUT2D eigenvalue weighted by molar-refractivity contribution is 0.509. The molecule has 0 radical (unpaired) electrons. The lowest BCUT2D eigenvalue weighted by atomic mass is 9.86. The van der Waals surface area contributed by atoms with Crippen LogP contribution >= 0.6 is 0 Å². The van der Waals surface area contributed by atoms with Crippen LogP contribution in [0.4, 0.5) is 0 Å². The van der Waals surface area contributed by atoms with Crippen molar-refractivity contribution in [3.05, 3.63) is 23.8 Å². The standard InChI is InChI=1S/C17H31N/c1-3-4-5-6-7-8-9-10-16-12-11-15(2)17(13-16)14-18/h11-13,15,17H,3-10,14,18H2,1-2H3/t15?,17-/m0/s1. The highest BCUT2D eigenvalue weighted by Crippen LogP contribution is 2.24. The van der Waals surface area contributed by atoms with E-state index >= 15 is 0 Å². The van der Waals surface area contributed by atoms with Crippen LogP contribution in [-0.2, 0) is 0 Å². The minimum absolute atomic E-state index is 0.564. The predicted octanol–water partition coefficient (Wildman–Crippen LogP) is 4.83. The van der Waals surface area contributed by atoms with Crippen molar-refractivity contribution in [1.82, 2.24) is 0 Å². The average molecular weight is 249 g/mol. The molecular formula is C17H31N. The molecule has 1 aliphatic carbocycles. The summed E-state index contributed by atoms with van der Waals surface area (Å²) in [7, 11) is 0. The van der Waals surface area contributed by atoms with E-state index in [4.69, 9.17) is 5.73 Å². The van der Waals surface area contributed by atoms with E-state index in [1.54, 1.807) is 0 Å². The topological polar surface area (TPSA) is 26.0 Å². The Hall–Kier alpha value is -0.560.